The Hall–Kier alpha value is -1.59. The van der Waals surface area contributed by atoms with Crippen LogP contribution in [0.4, 0.5) is 11.9 Å². The molecule has 2 rings (SSSR count). The maximum absolute atomic E-state index is 5.59. The van der Waals surface area contributed by atoms with Gasteiger partial charge in [-0.1, -0.05) is 19.8 Å². The first kappa shape index (κ1) is 11.9. The number of rotatable bonds is 3. The van der Waals surface area contributed by atoms with E-state index in [1.54, 1.807) is 0 Å². The molecule has 6 heteroatoms. The second-order valence-corrected chi connectivity index (χ2v) is 4.52. The predicted octanol–water partition coefficient (Wildman–Crippen LogP) is 1.45. The number of nitrogens with zero attached hydrogens (tertiary/aromatic N) is 3. The van der Waals surface area contributed by atoms with Crippen LogP contribution in [0.1, 0.15) is 32.6 Å². The van der Waals surface area contributed by atoms with E-state index in [0.717, 1.165) is 6.42 Å². The lowest BCUT2D eigenvalue weighted by Crippen LogP contribution is -2.31. The van der Waals surface area contributed by atoms with Crippen LogP contribution in [0.3, 0.4) is 0 Å². The molecule has 0 aromatic carbocycles. The van der Waals surface area contributed by atoms with E-state index in [2.05, 4.69) is 27.2 Å². The summed E-state index contributed by atoms with van der Waals surface area (Å²) >= 11 is 0. The lowest BCUT2D eigenvalue weighted by atomic mass is 9.86. The topological polar surface area (TPSA) is 86.0 Å². The number of hydrogen-bond acceptors (Lipinski definition) is 6. The monoisotopic (exact) mass is 237 g/mol. The molecule has 1 heterocycles. The van der Waals surface area contributed by atoms with Crippen LogP contribution < -0.4 is 15.8 Å². The third-order valence-corrected chi connectivity index (χ3v) is 3.24. The van der Waals surface area contributed by atoms with E-state index in [1.807, 2.05) is 0 Å². The Kier molecular flexibility index (Phi) is 3.61. The highest BCUT2D eigenvalue weighted by Gasteiger charge is 2.22. The van der Waals surface area contributed by atoms with Crippen molar-refractivity contribution in [3.63, 3.8) is 0 Å². The third kappa shape index (κ3) is 2.95. The van der Waals surface area contributed by atoms with Gasteiger partial charge in [0.2, 0.25) is 11.9 Å². The van der Waals surface area contributed by atoms with Crippen LogP contribution in [0.15, 0.2) is 0 Å². The Morgan fingerprint density at radius 3 is 2.71 bits per heavy atom. The minimum atomic E-state index is 0.183. The van der Waals surface area contributed by atoms with Crippen LogP contribution in [0, 0.1) is 5.92 Å². The molecule has 1 aliphatic carbocycles. The lowest BCUT2D eigenvalue weighted by molar-refractivity contribution is 0.346. The van der Waals surface area contributed by atoms with Gasteiger partial charge in [-0.2, -0.15) is 15.0 Å². The fourth-order valence-corrected chi connectivity index (χ4v) is 2.22. The smallest absolute Gasteiger partial charge is 0.322 e. The van der Waals surface area contributed by atoms with Crippen molar-refractivity contribution in [3.8, 4) is 6.01 Å². The molecule has 17 heavy (non-hydrogen) atoms. The summed E-state index contributed by atoms with van der Waals surface area (Å²) < 4.78 is 4.97. The summed E-state index contributed by atoms with van der Waals surface area (Å²) in [4.78, 5) is 12.1. The maximum atomic E-state index is 5.59. The molecular weight excluding hydrogens is 218 g/mol. The second kappa shape index (κ2) is 5.16. The van der Waals surface area contributed by atoms with Gasteiger partial charge < -0.3 is 15.8 Å². The SMILES string of the molecule is COc1nc(N)nc(NC2CCCCC2C)n1. The zero-order valence-electron chi connectivity index (χ0n) is 10.3. The number of anilines is 2. The molecule has 2 unspecified atom stereocenters. The normalized spacial score (nSPS) is 24.4. The van der Waals surface area contributed by atoms with E-state index in [1.165, 1.54) is 26.4 Å². The molecule has 0 bridgehead atoms. The first-order valence-electron chi connectivity index (χ1n) is 6.01. The molecule has 0 aliphatic heterocycles. The van der Waals surface area contributed by atoms with Crippen molar-refractivity contribution in [2.45, 2.75) is 38.6 Å². The van der Waals surface area contributed by atoms with Gasteiger partial charge in [-0.05, 0) is 18.8 Å². The number of hydrogen-bond donors (Lipinski definition) is 2. The fourth-order valence-electron chi connectivity index (χ4n) is 2.22. The summed E-state index contributed by atoms with van der Waals surface area (Å²) in [6, 6.07) is 0.665. The highest BCUT2D eigenvalue weighted by molar-refractivity contribution is 5.33. The van der Waals surface area contributed by atoms with Gasteiger partial charge in [0.05, 0.1) is 7.11 Å². The molecule has 0 amide bonds. The minimum Gasteiger partial charge on any atom is -0.467 e. The quantitative estimate of drug-likeness (QED) is 0.827. The number of nitrogen functional groups attached to an aromatic ring is 1. The Labute approximate surface area is 101 Å². The van der Waals surface area contributed by atoms with Crippen LogP contribution in [-0.4, -0.2) is 28.1 Å². The molecule has 0 saturated heterocycles. The Bertz CT molecular complexity index is 384. The minimum absolute atomic E-state index is 0.183. The molecule has 1 aromatic heterocycles. The van der Waals surface area contributed by atoms with Crippen molar-refractivity contribution in [2.75, 3.05) is 18.2 Å². The van der Waals surface area contributed by atoms with Crippen molar-refractivity contribution in [2.24, 2.45) is 5.92 Å². The van der Waals surface area contributed by atoms with Crippen molar-refractivity contribution in [3.05, 3.63) is 0 Å². The van der Waals surface area contributed by atoms with E-state index >= 15 is 0 Å². The lowest BCUT2D eigenvalue weighted by Gasteiger charge is -2.29. The third-order valence-electron chi connectivity index (χ3n) is 3.24. The predicted molar refractivity (Wildman–Crippen MR) is 65.8 cm³/mol. The first-order valence-corrected chi connectivity index (χ1v) is 6.01. The van der Waals surface area contributed by atoms with Gasteiger partial charge in [-0.3, -0.25) is 0 Å². The Morgan fingerprint density at radius 2 is 2.00 bits per heavy atom. The van der Waals surface area contributed by atoms with E-state index in [-0.39, 0.29) is 12.0 Å². The van der Waals surface area contributed by atoms with Gasteiger partial charge in [0.1, 0.15) is 0 Å². The standard InChI is InChI=1S/C11H19N5O/c1-7-5-3-4-6-8(7)13-10-14-9(12)15-11(16-10)17-2/h7-8H,3-6H2,1-2H3,(H3,12,13,14,15,16). The molecule has 0 radical (unpaired) electrons. The van der Waals surface area contributed by atoms with Crippen LogP contribution in [0.2, 0.25) is 0 Å². The zero-order valence-corrected chi connectivity index (χ0v) is 10.3. The highest BCUT2D eigenvalue weighted by atomic mass is 16.5. The van der Waals surface area contributed by atoms with Crippen molar-refractivity contribution in [1.82, 2.24) is 15.0 Å². The van der Waals surface area contributed by atoms with Crippen molar-refractivity contribution in [1.29, 1.82) is 0 Å². The van der Waals surface area contributed by atoms with Gasteiger partial charge >= 0.3 is 6.01 Å². The summed E-state index contributed by atoms with van der Waals surface area (Å²) in [6.45, 7) is 2.25. The molecule has 3 N–H and O–H groups in total. The molecular formula is C11H19N5O. The summed E-state index contributed by atoms with van der Waals surface area (Å²) in [5, 5.41) is 3.32. The van der Waals surface area contributed by atoms with Crippen LogP contribution in [0.5, 0.6) is 6.01 Å². The largest absolute Gasteiger partial charge is 0.467 e. The average Bonchev–Trinajstić information content (AvgIpc) is 2.31. The summed E-state index contributed by atoms with van der Waals surface area (Å²) in [5.74, 6) is 1.32. The van der Waals surface area contributed by atoms with Gasteiger partial charge in [0, 0.05) is 6.04 Å². The van der Waals surface area contributed by atoms with Crippen molar-refractivity contribution < 1.29 is 4.74 Å². The molecule has 94 valence electrons. The van der Waals surface area contributed by atoms with E-state index in [9.17, 15) is 0 Å². The summed E-state index contributed by atoms with van der Waals surface area (Å²) in [6.07, 6.45) is 4.95. The van der Waals surface area contributed by atoms with Gasteiger partial charge in [0.25, 0.3) is 0 Å². The number of methoxy groups -OCH3 is 1. The molecule has 1 aromatic rings. The number of ether oxygens (including phenoxy) is 1. The number of nitrogens with two attached hydrogens (primary N) is 1. The molecule has 6 nitrogen and oxygen atoms in total. The fraction of sp³-hybridized carbons (Fsp3) is 0.727. The van der Waals surface area contributed by atoms with Crippen LogP contribution in [-0.2, 0) is 0 Å². The van der Waals surface area contributed by atoms with Crippen LogP contribution >= 0.6 is 0 Å². The van der Waals surface area contributed by atoms with E-state index < -0.39 is 0 Å². The molecule has 1 aliphatic rings. The molecule has 0 spiro atoms. The second-order valence-electron chi connectivity index (χ2n) is 4.52. The number of nitrogens with one attached hydrogen (secondary N) is 1. The molecule has 1 fully saturated rings. The Balaban J connectivity index is 2.09. The Morgan fingerprint density at radius 1 is 1.24 bits per heavy atom. The van der Waals surface area contributed by atoms with Crippen LogP contribution in [0.25, 0.3) is 0 Å². The highest BCUT2D eigenvalue weighted by Crippen LogP contribution is 2.26. The maximum Gasteiger partial charge on any atom is 0.322 e. The van der Waals surface area contributed by atoms with Gasteiger partial charge in [-0.15, -0.1) is 0 Å². The summed E-state index contributed by atoms with van der Waals surface area (Å²) in [5.41, 5.74) is 5.59. The first-order chi connectivity index (χ1) is 8.19. The van der Waals surface area contributed by atoms with Gasteiger partial charge in [0.15, 0.2) is 0 Å². The zero-order chi connectivity index (χ0) is 12.3. The van der Waals surface area contributed by atoms with E-state index in [4.69, 9.17) is 10.5 Å². The van der Waals surface area contributed by atoms with Crippen molar-refractivity contribution >= 4 is 11.9 Å². The molecule has 1 saturated carbocycles. The van der Waals surface area contributed by atoms with E-state index in [0.29, 0.717) is 17.9 Å². The average molecular weight is 237 g/mol. The summed E-state index contributed by atoms with van der Waals surface area (Å²) in [7, 11) is 1.52. The van der Waals surface area contributed by atoms with Gasteiger partial charge in [-0.25, -0.2) is 0 Å². The number of aromatic nitrogens is 3. The molecule has 2 atom stereocenters.